The Balaban J connectivity index is 2.32. The van der Waals surface area contributed by atoms with E-state index in [-0.39, 0.29) is 17.6 Å². The Labute approximate surface area is 108 Å². The highest BCUT2D eigenvalue weighted by Gasteiger charge is 2.12. The average molecular weight is 266 g/mol. The summed E-state index contributed by atoms with van der Waals surface area (Å²) in [5.74, 6) is -2.44. The van der Waals surface area contributed by atoms with Gasteiger partial charge in [0.2, 0.25) is 0 Å². The SMILES string of the molecule is CC(O)CNC(=O)c1cnc2c(F)c(F)ccc2c1. The molecule has 1 heterocycles. The number of nitrogens with one attached hydrogen (secondary N) is 1. The van der Waals surface area contributed by atoms with Crippen molar-refractivity contribution in [2.24, 2.45) is 0 Å². The number of benzene rings is 1. The fraction of sp³-hybridized carbons (Fsp3) is 0.231. The second-order valence-corrected chi connectivity index (χ2v) is 4.22. The first-order chi connectivity index (χ1) is 8.99. The zero-order valence-electron chi connectivity index (χ0n) is 10.2. The topological polar surface area (TPSA) is 62.2 Å². The van der Waals surface area contributed by atoms with Crippen LogP contribution in [0.1, 0.15) is 17.3 Å². The molecule has 4 nitrogen and oxygen atoms in total. The van der Waals surface area contributed by atoms with Gasteiger partial charge in [0.1, 0.15) is 5.52 Å². The van der Waals surface area contributed by atoms with Crippen LogP contribution in [0.3, 0.4) is 0 Å². The Morgan fingerprint density at radius 1 is 1.47 bits per heavy atom. The van der Waals surface area contributed by atoms with Gasteiger partial charge in [-0.1, -0.05) is 0 Å². The molecule has 6 heteroatoms. The number of amides is 1. The minimum absolute atomic E-state index is 0.106. The molecule has 1 aromatic heterocycles. The highest BCUT2D eigenvalue weighted by Crippen LogP contribution is 2.19. The summed E-state index contributed by atoms with van der Waals surface area (Å²) in [6, 6.07) is 3.76. The van der Waals surface area contributed by atoms with E-state index in [1.807, 2.05) is 0 Å². The molecule has 2 rings (SSSR count). The highest BCUT2D eigenvalue weighted by molar-refractivity contribution is 5.97. The van der Waals surface area contributed by atoms with Crippen molar-refractivity contribution < 1.29 is 18.7 Å². The monoisotopic (exact) mass is 266 g/mol. The number of fused-ring (bicyclic) bond motifs is 1. The van der Waals surface area contributed by atoms with Crippen molar-refractivity contribution in [3.8, 4) is 0 Å². The van der Waals surface area contributed by atoms with Gasteiger partial charge in [-0.05, 0) is 25.1 Å². The molecule has 19 heavy (non-hydrogen) atoms. The van der Waals surface area contributed by atoms with Gasteiger partial charge >= 0.3 is 0 Å². The molecule has 0 fully saturated rings. The number of aliphatic hydroxyl groups excluding tert-OH is 1. The summed E-state index contributed by atoms with van der Waals surface area (Å²) in [4.78, 5) is 15.5. The van der Waals surface area contributed by atoms with Crippen LogP contribution in [0.5, 0.6) is 0 Å². The van der Waals surface area contributed by atoms with E-state index in [2.05, 4.69) is 10.3 Å². The van der Waals surface area contributed by atoms with E-state index in [1.54, 1.807) is 0 Å². The van der Waals surface area contributed by atoms with Crippen molar-refractivity contribution in [2.75, 3.05) is 6.54 Å². The average Bonchev–Trinajstić information content (AvgIpc) is 2.40. The Bertz CT molecular complexity index is 629. The van der Waals surface area contributed by atoms with E-state index in [9.17, 15) is 13.6 Å². The van der Waals surface area contributed by atoms with Gasteiger partial charge in [-0.25, -0.2) is 8.78 Å². The normalized spacial score (nSPS) is 12.4. The number of nitrogens with zero attached hydrogens (tertiary/aromatic N) is 1. The van der Waals surface area contributed by atoms with E-state index >= 15 is 0 Å². The first-order valence-electron chi connectivity index (χ1n) is 5.69. The fourth-order valence-corrected chi connectivity index (χ4v) is 1.61. The molecular weight excluding hydrogens is 254 g/mol. The molecule has 2 N–H and O–H groups in total. The summed E-state index contributed by atoms with van der Waals surface area (Å²) in [6.45, 7) is 1.64. The van der Waals surface area contributed by atoms with Crippen LogP contribution in [0, 0.1) is 11.6 Å². The van der Waals surface area contributed by atoms with Crippen LogP contribution >= 0.6 is 0 Å². The first-order valence-corrected chi connectivity index (χ1v) is 5.69. The van der Waals surface area contributed by atoms with Gasteiger partial charge in [-0.3, -0.25) is 9.78 Å². The van der Waals surface area contributed by atoms with Crippen molar-refractivity contribution in [3.63, 3.8) is 0 Å². The molecule has 100 valence electrons. The van der Waals surface area contributed by atoms with Crippen LogP contribution in [0.15, 0.2) is 24.4 Å². The van der Waals surface area contributed by atoms with Gasteiger partial charge in [0.25, 0.3) is 5.91 Å². The number of aliphatic hydroxyl groups is 1. The molecular formula is C13H12F2N2O2. The lowest BCUT2D eigenvalue weighted by Gasteiger charge is -2.07. The summed E-state index contributed by atoms with van der Waals surface area (Å²) in [6.07, 6.45) is 0.506. The summed E-state index contributed by atoms with van der Waals surface area (Å²) < 4.78 is 26.4. The largest absolute Gasteiger partial charge is 0.392 e. The van der Waals surface area contributed by atoms with Gasteiger partial charge in [-0.2, -0.15) is 0 Å². The van der Waals surface area contributed by atoms with Gasteiger partial charge in [-0.15, -0.1) is 0 Å². The highest BCUT2D eigenvalue weighted by atomic mass is 19.2. The molecule has 0 saturated heterocycles. The quantitative estimate of drug-likeness (QED) is 0.887. The van der Waals surface area contributed by atoms with Crippen molar-refractivity contribution in [1.29, 1.82) is 0 Å². The molecule has 1 amide bonds. The molecule has 0 bridgehead atoms. The summed E-state index contributed by atoms with van der Waals surface area (Å²) in [7, 11) is 0. The second kappa shape index (κ2) is 5.27. The first kappa shape index (κ1) is 13.4. The lowest BCUT2D eigenvalue weighted by atomic mass is 10.1. The van der Waals surface area contributed by atoms with E-state index in [1.165, 1.54) is 25.3 Å². The van der Waals surface area contributed by atoms with Crippen molar-refractivity contribution in [1.82, 2.24) is 10.3 Å². The molecule has 1 aromatic carbocycles. The Morgan fingerprint density at radius 3 is 2.89 bits per heavy atom. The fourth-order valence-electron chi connectivity index (χ4n) is 1.61. The van der Waals surface area contributed by atoms with Crippen LogP contribution in [-0.2, 0) is 0 Å². The number of halogens is 2. The maximum absolute atomic E-state index is 13.4. The predicted octanol–water partition coefficient (Wildman–Crippen LogP) is 1.62. The van der Waals surface area contributed by atoms with Crippen molar-refractivity contribution >= 4 is 16.8 Å². The van der Waals surface area contributed by atoms with Gasteiger partial charge < -0.3 is 10.4 Å². The lowest BCUT2D eigenvalue weighted by molar-refractivity contribution is 0.0924. The van der Waals surface area contributed by atoms with Crippen LogP contribution in [0.2, 0.25) is 0 Å². The van der Waals surface area contributed by atoms with Crippen LogP contribution < -0.4 is 5.32 Å². The number of hydrogen-bond donors (Lipinski definition) is 2. The lowest BCUT2D eigenvalue weighted by Crippen LogP contribution is -2.30. The standard InChI is InChI=1S/C13H12F2N2O2/c1-7(18)5-17-13(19)9-4-8-2-3-10(14)11(15)12(8)16-6-9/h2-4,6-7,18H,5H2,1H3,(H,17,19). The third-order valence-electron chi connectivity index (χ3n) is 2.56. The third-order valence-corrected chi connectivity index (χ3v) is 2.56. The molecule has 0 saturated carbocycles. The Hall–Kier alpha value is -2.08. The molecule has 0 aliphatic rings. The second-order valence-electron chi connectivity index (χ2n) is 4.22. The Kier molecular flexibility index (Phi) is 3.71. The molecule has 0 aliphatic heterocycles. The number of carbonyl (C=O) groups is 1. The minimum Gasteiger partial charge on any atom is -0.392 e. The van der Waals surface area contributed by atoms with Gasteiger partial charge in [0.15, 0.2) is 11.6 Å². The number of aromatic nitrogens is 1. The van der Waals surface area contributed by atoms with Crippen molar-refractivity contribution in [3.05, 3.63) is 41.6 Å². The van der Waals surface area contributed by atoms with E-state index in [0.717, 1.165) is 6.07 Å². The maximum atomic E-state index is 13.4. The molecule has 0 radical (unpaired) electrons. The van der Waals surface area contributed by atoms with Crippen molar-refractivity contribution in [2.45, 2.75) is 13.0 Å². The van der Waals surface area contributed by atoms with Crippen LogP contribution in [0.25, 0.3) is 10.9 Å². The zero-order valence-corrected chi connectivity index (χ0v) is 10.2. The molecule has 0 spiro atoms. The number of carbonyl (C=O) groups excluding carboxylic acids is 1. The predicted molar refractivity (Wildman–Crippen MR) is 65.7 cm³/mol. The summed E-state index contributed by atoms with van der Waals surface area (Å²) >= 11 is 0. The summed E-state index contributed by atoms with van der Waals surface area (Å²) in [5.41, 5.74) is 0.103. The summed E-state index contributed by atoms with van der Waals surface area (Å²) in [5, 5.41) is 11.9. The number of hydrogen-bond acceptors (Lipinski definition) is 3. The van der Waals surface area contributed by atoms with E-state index in [0.29, 0.717) is 5.39 Å². The van der Waals surface area contributed by atoms with Gasteiger partial charge in [0, 0.05) is 18.1 Å². The molecule has 1 unspecified atom stereocenters. The Morgan fingerprint density at radius 2 is 2.21 bits per heavy atom. The molecule has 1 atom stereocenters. The van der Waals surface area contributed by atoms with Crippen LogP contribution in [-0.4, -0.2) is 28.6 Å². The molecule has 0 aliphatic carbocycles. The minimum atomic E-state index is -1.03. The number of rotatable bonds is 3. The van der Waals surface area contributed by atoms with E-state index < -0.39 is 23.6 Å². The third kappa shape index (κ3) is 2.85. The van der Waals surface area contributed by atoms with Crippen LogP contribution in [0.4, 0.5) is 8.78 Å². The number of pyridine rings is 1. The molecule has 2 aromatic rings. The van der Waals surface area contributed by atoms with Gasteiger partial charge in [0.05, 0.1) is 11.7 Å². The zero-order chi connectivity index (χ0) is 14.0. The smallest absolute Gasteiger partial charge is 0.252 e. The maximum Gasteiger partial charge on any atom is 0.252 e. The van der Waals surface area contributed by atoms with E-state index in [4.69, 9.17) is 5.11 Å².